The van der Waals surface area contributed by atoms with Gasteiger partial charge in [-0.25, -0.2) is 0 Å². The van der Waals surface area contributed by atoms with E-state index in [1.165, 1.54) is 190 Å². The Morgan fingerprint density at radius 3 is 1.21 bits per heavy atom. The maximum atomic E-state index is 2.64. The van der Waals surface area contributed by atoms with Crippen molar-refractivity contribution < 1.29 is 21.2 Å². The molecule has 7 aromatic rings. The second-order valence-electron chi connectivity index (χ2n) is 22.2. The van der Waals surface area contributed by atoms with Gasteiger partial charge in [0.25, 0.3) is 0 Å². The molecule has 3 aliphatic carbocycles. The normalized spacial score (nSPS) is 15.2. The molecule has 0 N–H and O–H groups in total. The van der Waals surface area contributed by atoms with Crippen LogP contribution in [0.4, 0.5) is 0 Å². The molecule has 0 bridgehead atoms. The van der Waals surface area contributed by atoms with Crippen LogP contribution in [0.3, 0.4) is 0 Å². The zero-order valence-electron chi connectivity index (χ0n) is 43.7. The van der Waals surface area contributed by atoms with E-state index < -0.39 is 0 Å². The summed E-state index contributed by atoms with van der Waals surface area (Å²) in [4.78, 5) is 0. The Kier molecular flexibility index (Phi) is 15.1. The summed E-state index contributed by atoms with van der Waals surface area (Å²) in [5.74, 6) is 0. The summed E-state index contributed by atoms with van der Waals surface area (Å²) < 4.78 is 4.13. The van der Waals surface area contributed by atoms with Crippen LogP contribution in [-0.2, 0) is 16.2 Å². The van der Waals surface area contributed by atoms with Crippen molar-refractivity contribution in [1.82, 2.24) is 0 Å². The fourth-order valence-corrected chi connectivity index (χ4v) is 16.6. The zero-order chi connectivity index (χ0) is 49.3. The average Bonchev–Trinajstić information content (AvgIpc) is 3.89. The number of hydrogen-bond acceptors (Lipinski definition) is 0. The van der Waals surface area contributed by atoms with Crippen molar-refractivity contribution in [3.63, 3.8) is 0 Å². The Bertz CT molecular complexity index is 3090. The van der Waals surface area contributed by atoms with Gasteiger partial charge in [0.1, 0.15) is 0 Å². The number of fused-ring (bicyclic) bond motifs is 9. The molecule has 0 spiro atoms. The molecule has 0 radical (unpaired) electrons. The Labute approximate surface area is 452 Å². The predicted molar refractivity (Wildman–Crippen MR) is 311 cm³/mol. The molecule has 3 aliphatic rings. The van der Waals surface area contributed by atoms with Gasteiger partial charge >= 0.3 is 193 Å². The van der Waals surface area contributed by atoms with Gasteiger partial charge in [-0.3, -0.25) is 0 Å². The summed E-state index contributed by atoms with van der Waals surface area (Å²) in [6.07, 6.45) is 23.1. The third-order valence-electron chi connectivity index (χ3n) is 17.0. The summed E-state index contributed by atoms with van der Waals surface area (Å²) in [5, 5.41) is 0. The molecule has 0 fully saturated rings. The number of benzene rings is 7. The van der Waals surface area contributed by atoms with Crippen molar-refractivity contribution >= 4 is 22.6 Å². The van der Waals surface area contributed by atoms with E-state index in [4.69, 9.17) is 0 Å². The van der Waals surface area contributed by atoms with E-state index >= 15 is 0 Å². The molecule has 0 aromatic heterocycles. The van der Waals surface area contributed by atoms with Crippen molar-refractivity contribution in [2.75, 3.05) is 4.43 Å². The first-order chi connectivity index (χ1) is 34.5. The molecule has 0 saturated heterocycles. The summed E-state index contributed by atoms with van der Waals surface area (Å²) in [5.41, 5.74) is 25.1. The van der Waals surface area contributed by atoms with E-state index in [0.29, 0.717) is 0 Å². The third-order valence-corrected chi connectivity index (χ3v) is 21.6. The van der Waals surface area contributed by atoms with E-state index in [1.807, 2.05) is 0 Å². The first-order valence-electron chi connectivity index (χ1n) is 27.3. The topological polar surface area (TPSA) is 0 Å². The molecule has 71 heavy (non-hydrogen) atoms. The number of hydrogen-bond donors (Lipinski definition) is 0. The standard InChI is InChI=1S/C69H75I2/c1-8-11-14-16-18-22-38-69(39-23-19-17-15-12-9-2)59-25-21-20-24-53(59)58-36-30-51(45-64(58)69)49-28-34-56-54-32-26-47(41-60(54)67(4,5)62(56)43-49)48-27-33-55-57-35-29-50(44-63(57)68(6,7)61(55)42-48)52-31-37-66(65(70)46-52)71-40-13-10-3/h10,13,20-21,24-37,41-46H,8-9,11-12,14-19,22-23,38-40H2,1-7H3/q-1/b13-10-. The summed E-state index contributed by atoms with van der Waals surface area (Å²) >= 11 is 2.56. The Hall–Kier alpha value is -4.26. The van der Waals surface area contributed by atoms with Crippen LogP contribution in [0, 0.1) is 7.14 Å². The fraction of sp³-hybridized carbons (Fsp3) is 0.362. The third kappa shape index (κ3) is 9.49. The molecule has 0 amide bonds. The molecule has 0 atom stereocenters. The number of rotatable bonds is 20. The predicted octanol–water partition coefficient (Wildman–Crippen LogP) is 17.5. The van der Waals surface area contributed by atoms with Crippen LogP contribution in [0.25, 0.3) is 66.8 Å². The van der Waals surface area contributed by atoms with Crippen molar-refractivity contribution in [3.05, 3.63) is 186 Å². The molecule has 0 heterocycles. The Morgan fingerprint density at radius 1 is 0.408 bits per heavy atom. The van der Waals surface area contributed by atoms with Gasteiger partial charge < -0.3 is 0 Å². The Balaban J connectivity index is 0.929. The van der Waals surface area contributed by atoms with Crippen molar-refractivity contribution in [2.45, 2.75) is 155 Å². The van der Waals surface area contributed by atoms with Gasteiger partial charge in [-0.2, -0.15) is 0 Å². The van der Waals surface area contributed by atoms with Gasteiger partial charge in [-0.15, -0.1) is 0 Å². The molecule has 0 nitrogen and oxygen atoms in total. The van der Waals surface area contributed by atoms with Crippen LogP contribution < -0.4 is 21.2 Å². The molecule has 10 rings (SSSR count). The van der Waals surface area contributed by atoms with Crippen molar-refractivity contribution in [2.24, 2.45) is 0 Å². The van der Waals surface area contributed by atoms with E-state index in [2.05, 4.69) is 217 Å². The molecule has 366 valence electrons. The van der Waals surface area contributed by atoms with E-state index in [-0.39, 0.29) is 37.5 Å². The second-order valence-corrected chi connectivity index (χ2v) is 26.2. The summed E-state index contributed by atoms with van der Waals surface area (Å²) in [6.45, 7) is 16.5. The molecular weight excluding hydrogens is 1080 g/mol. The van der Waals surface area contributed by atoms with Crippen LogP contribution in [-0.4, -0.2) is 4.43 Å². The van der Waals surface area contributed by atoms with E-state index in [0.717, 1.165) is 0 Å². The van der Waals surface area contributed by atoms with Gasteiger partial charge in [0.2, 0.25) is 0 Å². The van der Waals surface area contributed by atoms with Crippen LogP contribution in [0.15, 0.2) is 146 Å². The summed E-state index contributed by atoms with van der Waals surface area (Å²) in [6, 6.07) is 53.3. The number of allylic oxidation sites excluding steroid dienone is 2. The first kappa shape index (κ1) is 50.3. The SMILES string of the molecule is C/C=C\C[I-]c1ccc(-c2ccc3c(c2)C(C)(C)c2cc(-c4ccc5c(c4)C(C)(C)c4cc(-c6ccc7c(c6)C(CCCCCCCC)(CCCCCCCC)c6ccccc6-7)ccc4-5)ccc2-3)cc1I. The molecule has 7 aromatic carbocycles. The molecule has 0 saturated carbocycles. The summed E-state index contributed by atoms with van der Waals surface area (Å²) in [7, 11) is 0. The number of halogens is 2. The van der Waals surface area contributed by atoms with Crippen LogP contribution >= 0.6 is 22.6 Å². The zero-order valence-corrected chi connectivity index (χ0v) is 48.0. The average molecular weight is 1160 g/mol. The second kappa shape index (κ2) is 21.3. The van der Waals surface area contributed by atoms with Gasteiger partial charge in [-0.05, 0) is 86.7 Å². The Morgan fingerprint density at radius 2 is 0.775 bits per heavy atom. The first-order valence-corrected chi connectivity index (χ1v) is 31.0. The molecule has 0 unspecified atom stereocenters. The minimum atomic E-state index is -0.129. The quantitative estimate of drug-likeness (QED) is 0.0309. The molecule has 0 aliphatic heterocycles. The van der Waals surface area contributed by atoms with E-state index in [1.54, 1.807) is 11.1 Å². The van der Waals surface area contributed by atoms with Crippen LogP contribution in [0.5, 0.6) is 0 Å². The van der Waals surface area contributed by atoms with Gasteiger partial charge in [0.15, 0.2) is 0 Å². The number of alkyl halides is 1. The number of unbranched alkanes of at least 4 members (excludes halogenated alkanes) is 10. The van der Waals surface area contributed by atoms with Gasteiger partial charge in [-0.1, -0.05) is 165 Å². The van der Waals surface area contributed by atoms with Gasteiger partial charge in [0, 0.05) is 10.8 Å². The minimum absolute atomic E-state index is 0.00164. The molecular formula is C69H75I2-. The molecule has 2 heteroatoms. The van der Waals surface area contributed by atoms with Crippen molar-refractivity contribution in [3.8, 4) is 66.8 Å². The fourth-order valence-electron chi connectivity index (χ4n) is 12.9. The van der Waals surface area contributed by atoms with Crippen LogP contribution in [0.2, 0.25) is 0 Å². The van der Waals surface area contributed by atoms with Crippen LogP contribution in [0.1, 0.15) is 172 Å². The monoisotopic (exact) mass is 1160 g/mol. The maximum absolute atomic E-state index is 2.64. The van der Waals surface area contributed by atoms with E-state index in [9.17, 15) is 0 Å². The van der Waals surface area contributed by atoms with Gasteiger partial charge in [0.05, 0.1) is 0 Å². The van der Waals surface area contributed by atoms with Crippen molar-refractivity contribution in [1.29, 1.82) is 0 Å².